The molecule has 1 aromatic rings. The standard InChI is InChI=1S/C15H23NO3/c1-12(11-17)10-16-15(18)8-5-9-19-14-7-4-3-6-13(14)2/h3-4,6-7,12,17H,5,8-11H2,1-2H3,(H,16,18). The second kappa shape index (κ2) is 8.53. The second-order valence-corrected chi connectivity index (χ2v) is 4.81. The van der Waals surface area contributed by atoms with Gasteiger partial charge in [0.15, 0.2) is 0 Å². The summed E-state index contributed by atoms with van der Waals surface area (Å²) in [4.78, 5) is 11.5. The molecule has 1 rings (SSSR count). The predicted molar refractivity (Wildman–Crippen MR) is 75.2 cm³/mol. The molecule has 0 aliphatic heterocycles. The molecule has 4 heteroatoms. The lowest BCUT2D eigenvalue weighted by atomic mass is 10.2. The summed E-state index contributed by atoms with van der Waals surface area (Å²) in [5, 5.41) is 11.6. The van der Waals surface area contributed by atoms with Crippen molar-refractivity contribution in [2.75, 3.05) is 19.8 Å². The Balaban J connectivity index is 2.14. The van der Waals surface area contributed by atoms with E-state index >= 15 is 0 Å². The van der Waals surface area contributed by atoms with Crippen LogP contribution in [0, 0.1) is 12.8 Å². The summed E-state index contributed by atoms with van der Waals surface area (Å²) < 4.78 is 5.61. The number of hydrogen-bond donors (Lipinski definition) is 2. The molecule has 0 aromatic heterocycles. The zero-order chi connectivity index (χ0) is 14.1. The van der Waals surface area contributed by atoms with E-state index in [4.69, 9.17) is 9.84 Å². The van der Waals surface area contributed by atoms with Crippen LogP contribution in [0.15, 0.2) is 24.3 Å². The predicted octanol–water partition coefficient (Wildman–Crippen LogP) is 1.90. The maximum Gasteiger partial charge on any atom is 0.220 e. The van der Waals surface area contributed by atoms with Gasteiger partial charge < -0.3 is 15.2 Å². The monoisotopic (exact) mass is 265 g/mol. The van der Waals surface area contributed by atoms with E-state index in [1.54, 1.807) is 0 Å². The fourth-order valence-electron chi connectivity index (χ4n) is 1.57. The minimum Gasteiger partial charge on any atom is -0.493 e. The molecule has 0 aliphatic rings. The van der Waals surface area contributed by atoms with Crippen molar-refractivity contribution in [3.05, 3.63) is 29.8 Å². The fourth-order valence-corrected chi connectivity index (χ4v) is 1.57. The molecule has 2 N–H and O–H groups in total. The average molecular weight is 265 g/mol. The highest BCUT2D eigenvalue weighted by molar-refractivity contribution is 5.75. The van der Waals surface area contributed by atoms with Gasteiger partial charge in [0.25, 0.3) is 0 Å². The number of aliphatic hydroxyl groups is 1. The normalized spacial score (nSPS) is 11.9. The van der Waals surface area contributed by atoms with E-state index in [0.29, 0.717) is 26.0 Å². The van der Waals surface area contributed by atoms with Gasteiger partial charge in [-0.2, -0.15) is 0 Å². The van der Waals surface area contributed by atoms with Gasteiger partial charge in [0.1, 0.15) is 5.75 Å². The van der Waals surface area contributed by atoms with E-state index in [-0.39, 0.29) is 18.4 Å². The Bertz CT molecular complexity index is 393. The third kappa shape index (κ3) is 6.25. The van der Waals surface area contributed by atoms with Crippen LogP contribution in [0.25, 0.3) is 0 Å². The zero-order valence-corrected chi connectivity index (χ0v) is 11.7. The molecular weight excluding hydrogens is 242 g/mol. The van der Waals surface area contributed by atoms with Gasteiger partial charge in [0.05, 0.1) is 6.61 Å². The molecular formula is C15H23NO3. The number of carbonyl (C=O) groups excluding carboxylic acids is 1. The largest absolute Gasteiger partial charge is 0.493 e. The van der Waals surface area contributed by atoms with Gasteiger partial charge in [0.2, 0.25) is 5.91 Å². The van der Waals surface area contributed by atoms with Crippen LogP contribution in [0.4, 0.5) is 0 Å². The van der Waals surface area contributed by atoms with E-state index in [0.717, 1.165) is 11.3 Å². The molecule has 0 radical (unpaired) electrons. The second-order valence-electron chi connectivity index (χ2n) is 4.81. The quantitative estimate of drug-likeness (QED) is 0.706. The number of ether oxygens (including phenoxy) is 1. The van der Waals surface area contributed by atoms with Gasteiger partial charge >= 0.3 is 0 Å². The number of aryl methyl sites for hydroxylation is 1. The van der Waals surface area contributed by atoms with Crippen molar-refractivity contribution in [1.82, 2.24) is 5.32 Å². The van der Waals surface area contributed by atoms with Crippen molar-refractivity contribution in [3.63, 3.8) is 0 Å². The number of para-hydroxylation sites is 1. The summed E-state index contributed by atoms with van der Waals surface area (Å²) in [7, 11) is 0. The number of carbonyl (C=O) groups is 1. The molecule has 106 valence electrons. The SMILES string of the molecule is Cc1ccccc1OCCCC(=O)NCC(C)CO. The Morgan fingerprint density at radius 3 is 2.84 bits per heavy atom. The van der Waals surface area contributed by atoms with Crippen molar-refractivity contribution < 1.29 is 14.6 Å². The van der Waals surface area contributed by atoms with Gasteiger partial charge in [-0.15, -0.1) is 0 Å². The molecule has 0 spiro atoms. The Morgan fingerprint density at radius 1 is 1.42 bits per heavy atom. The van der Waals surface area contributed by atoms with Gasteiger partial charge in [-0.1, -0.05) is 25.1 Å². The summed E-state index contributed by atoms with van der Waals surface area (Å²) >= 11 is 0. The van der Waals surface area contributed by atoms with Crippen LogP contribution in [0.3, 0.4) is 0 Å². The number of benzene rings is 1. The molecule has 1 aromatic carbocycles. The first-order valence-corrected chi connectivity index (χ1v) is 6.69. The first kappa shape index (κ1) is 15.5. The van der Waals surface area contributed by atoms with Crippen molar-refractivity contribution in [2.24, 2.45) is 5.92 Å². The highest BCUT2D eigenvalue weighted by Crippen LogP contribution is 2.16. The van der Waals surface area contributed by atoms with Crippen LogP contribution in [0.2, 0.25) is 0 Å². The average Bonchev–Trinajstić information content (AvgIpc) is 2.42. The maximum atomic E-state index is 11.5. The molecule has 0 bridgehead atoms. The van der Waals surface area contributed by atoms with Crippen molar-refractivity contribution >= 4 is 5.91 Å². The number of amides is 1. The molecule has 19 heavy (non-hydrogen) atoms. The third-order valence-corrected chi connectivity index (χ3v) is 2.86. The number of rotatable bonds is 8. The van der Waals surface area contributed by atoms with Crippen LogP contribution in [-0.4, -0.2) is 30.8 Å². The van der Waals surface area contributed by atoms with Crippen LogP contribution < -0.4 is 10.1 Å². The molecule has 4 nitrogen and oxygen atoms in total. The Morgan fingerprint density at radius 2 is 2.16 bits per heavy atom. The van der Waals surface area contributed by atoms with Crippen molar-refractivity contribution in [3.8, 4) is 5.75 Å². The van der Waals surface area contributed by atoms with Crippen LogP contribution in [0.1, 0.15) is 25.3 Å². The van der Waals surface area contributed by atoms with Crippen molar-refractivity contribution in [1.29, 1.82) is 0 Å². The first-order chi connectivity index (χ1) is 9.13. The Kier molecular flexibility index (Phi) is 6.97. The summed E-state index contributed by atoms with van der Waals surface area (Å²) in [6, 6.07) is 7.83. The fraction of sp³-hybridized carbons (Fsp3) is 0.533. The first-order valence-electron chi connectivity index (χ1n) is 6.69. The minimum atomic E-state index is 0.00804. The number of aliphatic hydroxyl groups excluding tert-OH is 1. The van der Waals surface area contributed by atoms with Gasteiger partial charge in [-0.3, -0.25) is 4.79 Å². The van der Waals surface area contributed by atoms with Crippen LogP contribution in [-0.2, 0) is 4.79 Å². The summed E-state index contributed by atoms with van der Waals surface area (Å²) in [6.45, 7) is 5.04. The topological polar surface area (TPSA) is 58.6 Å². The summed E-state index contributed by atoms with van der Waals surface area (Å²) in [5.41, 5.74) is 1.10. The Hall–Kier alpha value is -1.55. The molecule has 1 amide bonds. The highest BCUT2D eigenvalue weighted by atomic mass is 16.5. The van der Waals surface area contributed by atoms with Gasteiger partial charge in [-0.05, 0) is 30.9 Å². The lowest BCUT2D eigenvalue weighted by Gasteiger charge is -2.10. The van der Waals surface area contributed by atoms with E-state index in [1.807, 2.05) is 38.1 Å². The third-order valence-electron chi connectivity index (χ3n) is 2.86. The number of hydrogen-bond acceptors (Lipinski definition) is 3. The molecule has 1 atom stereocenters. The number of nitrogens with one attached hydrogen (secondary N) is 1. The lowest BCUT2D eigenvalue weighted by Crippen LogP contribution is -2.29. The molecule has 0 saturated heterocycles. The van der Waals surface area contributed by atoms with E-state index < -0.39 is 0 Å². The molecule has 0 saturated carbocycles. The van der Waals surface area contributed by atoms with E-state index in [1.165, 1.54) is 0 Å². The summed E-state index contributed by atoms with van der Waals surface area (Å²) in [6.07, 6.45) is 1.14. The van der Waals surface area contributed by atoms with E-state index in [2.05, 4.69) is 5.32 Å². The zero-order valence-electron chi connectivity index (χ0n) is 11.7. The van der Waals surface area contributed by atoms with Crippen LogP contribution >= 0.6 is 0 Å². The van der Waals surface area contributed by atoms with Gasteiger partial charge in [-0.25, -0.2) is 0 Å². The Labute approximate surface area is 114 Å². The summed E-state index contributed by atoms with van der Waals surface area (Å²) in [5.74, 6) is 0.984. The van der Waals surface area contributed by atoms with E-state index in [9.17, 15) is 4.79 Å². The molecule has 0 aliphatic carbocycles. The smallest absolute Gasteiger partial charge is 0.220 e. The van der Waals surface area contributed by atoms with Gasteiger partial charge in [0, 0.05) is 19.6 Å². The molecule has 0 heterocycles. The van der Waals surface area contributed by atoms with Crippen LogP contribution in [0.5, 0.6) is 5.75 Å². The highest BCUT2D eigenvalue weighted by Gasteiger charge is 2.05. The minimum absolute atomic E-state index is 0.00804. The maximum absolute atomic E-state index is 11.5. The molecule has 1 unspecified atom stereocenters. The van der Waals surface area contributed by atoms with Crippen molar-refractivity contribution in [2.45, 2.75) is 26.7 Å². The molecule has 0 fully saturated rings. The lowest BCUT2D eigenvalue weighted by molar-refractivity contribution is -0.121.